The molecule has 0 spiro atoms. The average Bonchev–Trinajstić information content (AvgIpc) is 3.05. The highest BCUT2D eigenvalue weighted by molar-refractivity contribution is 5.81. The number of hydrogen-bond donors (Lipinski definition) is 2. The number of hydrogen-bond acceptors (Lipinski definition) is 3. The standard InChI is InChI=1S/C28H44O3/c1-18(2)19(3)7-8-20(4)22-9-10-23-25(22,5)13-12-24-26(6)14-11-21(29)17-27(26,30)15-16-28(23,24)31/h7-8,15-16,18-20,22-24,30-31H,9-14,17H2,1-6H3. The first-order valence-electron chi connectivity index (χ1n) is 12.7. The van der Waals surface area contributed by atoms with Crippen molar-refractivity contribution in [3.8, 4) is 0 Å². The normalized spacial score (nSPS) is 49.1. The minimum Gasteiger partial charge on any atom is -0.385 e. The van der Waals surface area contributed by atoms with Gasteiger partial charge in [0.25, 0.3) is 0 Å². The van der Waals surface area contributed by atoms with E-state index in [0.29, 0.717) is 36.5 Å². The van der Waals surface area contributed by atoms with Gasteiger partial charge in [-0.05, 0) is 67.1 Å². The fraction of sp³-hybridized carbons (Fsp3) is 0.821. The van der Waals surface area contributed by atoms with Crippen molar-refractivity contribution in [2.24, 2.45) is 46.3 Å². The van der Waals surface area contributed by atoms with Gasteiger partial charge in [-0.25, -0.2) is 0 Å². The molecule has 0 amide bonds. The highest BCUT2D eigenvalue weighted by Crippen LogP contribution is 2.68. The number of carbonyl (C=O) groups is 1. The predicted molar refractivity (Wildman–Crippen MR) is 125 cm³/mol. The number of Topliss-reactive ketones (excluding diaryl/α,β-unsaturated/α-hetero) is 1. The number of allylic oxidation sites excluding steroid dienone is 2. The van der Waals surface area contributed by atoms with E-state index in [4.69, 9.17) is 0 Å². The average molecular weight is 429 g/mol. The van der Waals surface area contributed by atoms with E-state index in [2.05, 4.69) is 53.7 Å². The lowest BCUT2D eigenvalue weighted by Gasteiger charge is -2.64. The molecule has 0 saturated heterocycles. The number of carbonyl (C=O) groups excluding carboxylic acids is 1. The molecule has 0 radical (unpaired) electrons. The summed E-state index contributed by atoms with van der Waals surface area (Å²) >= 11 is 0. The Morgan fingerprint density at radius 2 is 1.68 bits per heavy atom. The van der Waals surface area contributed by atoms with Crippen LogP contribution in [0.2, 0.25) is 0 Å². The molecule has 4 rings (SSSR count). The van der Waals surface area contributed by atoms with E-state index in [1.54, 1.807) is 0 Å². The number of fused-ring (bicyclic) bond motifs is 5. The Hall–Kier alpha value is -0.930. The summed E-state index contributed by atoms with van der Waals surface area (Å²) in [6.45, 7) is 13.8. The number of rotatable bonds is 4. The van der Waals surface area contributed by atoms with Crippen molar-refractivity contribution >= 4 is 5.78 Å². The Labute approximate surface area is 189 Å². The largest absolute Gasteiger partial charge is 0.385 e. The first-order valence-corrected chi connectivity index (χ1v) is 12.7. The van der Waals surface area contributed by atoms with Crippen molar-refractivity contribution in [1.29, 1.82) is 0 Å². The van der Waals surface area contributed by atoms with Crippen LogP contribution in [0.15, 0.2) is 24.3 Å². The molecule has 4 aliphatic carbocycles. The first-order chi connectivity index (χ1) is 14.4. The lowest BCUT2D eigenvalue weighted by Crippen LogP contribution is -2.67. The second-order valence-electron chi connectivity index (χ2n) is 12.5. The molecule has 0 aromatic heterocycles. The maximum absolute atomic E-state index is 12.2. The van der Waals surface area contributed by atoms with Crippen LogP contribution >= 0.6 is 0 Å². The van der Waals surface area contributed by atoms with E-state index < -0.39 is 16.6 Å². The summed E-state index contributed by atoms with van der Waals surface area (Å²) in [5, 5.41) is 23.7. The van der Waals surface area contributed by atoms with Crippen molar-refractivity contribution in [2.75, 3.05) is 0 Å². The smallest absolute Gasteiger partial charge is 0.136 e. The Kier molecular flexibility index (Phi) is 5.66. The van der Waals surface area contributed by atoms with E-state index in [0.717, 1.165) is 25.7 Å². The third kappa shape index (κ3) is 3.32. The second kappa shape index (κ2) is 7.55. The van der Waals surface area contributed by atoms with Gasteiger partial charge in [0.2, 0.25) is 0 Å². The van der Waals surface area contributed by atoms with Gasteiger partial charge in [-0.15, -0.1) is 0 Å². The monoisotopic (exact) mass is 428 g/mol. The van der Waals surface area contributed by atoms with E-state index >= 15 is 0 Å². The molecule has 3 heteroatoms. The molecule has 0 heterocycles. The van der Waals surface area contributed by atoms with Crippen LogP contribution in [-0.4, -0.2) is 27.2 Å². The molecule has 3 fully saturated rings. The molecular formula is C28H44O3. The maximum Gasteiger partial charge on any atom is 0.136 e. The van der Waals surface area contributed by atoms with E-state index in [-0.39, 0.29) is 29.5 Å². The predicted octanol–water partition coefficient (Wildman–Crippen LogP) is 5.70. The van der Waals surface area contributed by atoms with Gasteiger partial charge in [-0.1, -0.05) is 65.8 Å². The molecule has 174 valence electrons. The Morgan fingerprint density at radius 3 is 2.35 bits per heavy atom. The highest BCUT2D eigenvalue weighted by Gasteiger charge is 2.68. The SMILES string of the molecule is CC(C)C(C)C=CC(C)C1CCC2C3(O)C=CC4(O)CC(=O)CCC4(C)C3CCC12C. The van der Waals surface area contributed by atoms with Crippen LogP contribution in [0.4, 0.5) is 0 Å². The van der Waals surface area contributed by atoms with Gasteiger partial charge in [0.05, 0.1) is 11.2 Å². The molecule has 4 aliphatic rings. The molecule has 3 saturated carbocycles. The van der Waals surface area contributed by atoms with Crippen LogP contribution in [0.25, 0.3) is 0 Å². The van der Waals surface area contributed by atoms with Gasteiger partial charge < -0.3 is 10.2 Å². The summed E-state index contributed by atoms with van der Waals surface area (Å²) in [4.78, 5) is 12.1. The molecule has 0 aliphatic heterocycles. The Balaban J connectivity index is 1.63. The summed E-state index contributed by atoms with van der Waals surface area (Å²) < 4.78 is 0. The van der Waals surface area contributed by atoms with Gasteiger partial charge in [0.1, 0.15) is 5.78 Å². The second-order valence-corrected chi connectivity index (χ2v) is 12.5. The minimum absolute atomic E-state index is 0.0201. The Morgan fingerprint density at radius 1 is 0.968 bits per heavy atom. The lowest BCUT2D eigenvalue weighted by atomic mass is 9.43. The molecule has 3 nitrogen and oxygen atoms in total. The van der Waals surface area contributed by atoms with Crippen LogP contribution in [0, 0.1) is 46.3 Å². The molecule has 0 bridgehead atoms. The summed E-state index contributed by atoms with van der Waals surface area (Å²) in [6, 6.07) is 0. The van der Waals surface area contributed by atoms with Crippen LogP contribution in [0.1, 0.15) is 86.5 Å². The lowest BCUT2D eigenvalue weighted by molar-refractivity contribution is -0.209. The zero-order valence-corrected chi connectivity index (χ0v) is 20.5. The summed E-state index contributed by atoms with van der Waals surface area (Å²) in [5.74, 6) is 2.70. The zero-order valence-electron chi connectivity index (χ0n) is 20.5. The molecule has 0 aromatic rings. The summed E-state index contributed by atoms with van der Waals surface area (Å²) in [6.07, 6.45) is 14.2. The molecule has 9 atom stereocenters. The molecule has 31 heavy (non-hydrogen) atoms. The maximum atomic E-state index is 12.2. The molecular weight excluding hydrogens is 384 g/mol. The highest BCUT2D eigenvalue weighted by atomic mass is 16.3. The molecule has 9 unspecified atom stereocenters. The van der Waals surface area contributed by atoms with Crippen LogP contribution in [-0.2, 0) is 4.79 Å². The molecule has 0 aromatic carbocycles. The minimum atomic E-state index is -1.10. The van der Waals surface area contributed by atoms with Crippen molar-refractivity contribution in [3.05, 3.63) is 24.3 Å². The van der Waals surface area contributed by atoms with Crippen molar-refractivity contribution in [1.82, 2.24) is 0 Å². The third-order valence-corrected chi connectivity index (χ3v) is 10.7. The summed E-state index contributed by atoms with van der Waals surface area (Å²) in [7, 11) is 0. The quantitative estimate of drug-likeness (QED) is 0.564. The van der Waals surface area contributed by atoms with Gasteiger partial charge in [-0.2, -0.15) is 0 Å². The third-order valence-electron chi connectivity index (χ3n) is 10.7. The van der Waals surface area contributed by atoms with Crippen LogP contribution < -0.4 is 0 Å². The first kappa shape index (κ1) is 23.2. The number of aliphatic hydroxyl groups is 2. The van der Waals surface area contributed by atoms with Crippen LogP contribution in [0.3, 0.4) is 0 Å². The van der Waals surface area contributed by atoms with Gasteiger partial charge >= 0.3 is 0 Å². The fourth-order valence-corrected chi connectivity index (χ4v) is 8.15. The van der Waals surface area contributed by atoms with Crippen molar-refractivity contribution in [3.63, 3.8) is 0 Å². The topological polar surface area (TPSA) is 57.5 Å². The van der Waals surface area contributed by atoms with Gasteiger partial charge in [0.15, 0.2) is 0 Å². The van der Waals surface area contributed by atoms with Gasteiger partial charge in [-0.3, -0.25) is 4.79 Å². The number of ketones is 1. The van der Waals surface area contributed by atoms with E-state index in [9.17, 15) is 15.0 Å². The van der Waals surface area contributed by atoms with E-state index in [1.807, 2.05) is 12.2 Å². The Bertz CT molecular complexity index is 783. The fourth-order valence-electron chi connectivity index (χ4n) is 8.15. The summed E-state index contributed by atoms with van der Waals surface area (Å²) in [5.41, 5.74) is -2.30. The van der Waals surface area contributed by atoms with Crippen LogP contribution in [0.5, 0.6) is 0 Å². The zero-order chi connectivity index (χ0) is 22.8. The molecule has 2 N–H and O–H groups in total. The van der Waals surface area contributed by atoms with Crippen molar-refractivity contribution < 1.29 is 15.0 Å². The van der Waals surface area contributed by atoms with E-state index in [1.165, 1.54) is 0 Å². The van der Waals surface area contributed by atoms with Crippen molar-refractivity contribution in [2.45, 2.75) is 97.7 Å². The van der Waals surface area contributed by atoms with Gasteiger partial charge in [0, 0.05) is 24.2 Å².